The lowest BCUT2D eigenvalue weighted by Gasteiger charge is -2.25. The van der Waals surface area contributed by atoms with E-state index in [1.165, 1.54) is 11.1 Å². The van der Waals surface area contributed by atoms with Crippen LogP contribution < -0.4 is 5.32 Å². The van der Waals surface area contributed by atoms with Crippen LogP contribution in [-0.4, -0.2) is 42.1 Å². The van der Waals surface area contributed by atoms with Gasteiger partial charge in [0.25, 0.3) is 0 Å². The van der Waals surface area contributed by atoms with Crippen molar-refractivity contribution in [2.45, 2.75) is 26.8 Å². The number of amides is 1. The molecule has 5 nitrogen and oxygen atoms in total. The molecule has 1 amide bonds. The maximum atomic E-state index is 12.2. The number of hydrogen-bond acceptors (Lipinski definition) is 5. The molecule has 1 aromatic heterocycles. The molecular formula is C18H23N3O2S. The van der Waals surface area contributed by atoms with Crippen LogP contribution in [0.15, 0.2) is 23.6 Å². The number of aromatic nitrogens is 1. The normalized spacial score (nSPS) is 15.4. The highest BCUT2D eigenvalue weighted by Gasteiger charge is 2.14. The van der Waals surface area contributed by atoms with Gasteiger partial charge in [-0.25, -0.2) is 4.98 Å². The van der Waals surface area contributed by atoms with Crippen molar-refractivity contribution >= 4 is 22.9 Å². The molecule has 0 radical (unpaired) electrons. The second-order valence-corrected chi connectivity index (χ2v) is 7.09. The number of carbonyl (C=O) groups excluding carboxylic acids is 1. The van der Waals surface area contributed by atoms with E-state index in [1.807, 2.05) is 30.5 Å². The Morgan fingerprint density at radius 3 is 2.83 bits per heavy atom. The molecule has 3 rings (SSSR count). The molecule has 1 aliphatic heterocycles. The fraction of sp³-hybridized carbons (Fsp3) is 0.444. The topological polar surface area (TPSA) is 54.5 Å². The van der Waals surface area contributed by atoms with E-state index >= 15 is 0 Å². The number of ether oxygens (including phenoxy) is 1. The van der Waals surface area contributed by atoms with Crippen LogP contribution in [0.1, 0.15) is 21.8 Å². The van der Waals surface area contributed by atoms with Crippen LogP contribution >= 0.6 is 11.3 Å². The van der Waals surface area contributed by atoms with E-state index in [1.54, 1.807) is 11.3 Å². The quantitative estimate of drug-likeness (QED) is 0.905. The minimum absolute atomic E-state index is 0.0264. The van der Waals surface area contributed by atoms with Gasteiger partial charge < -0.3 is 10.1 Å². The molecule has 2 heterocycles. The molecule has 6 heteroatoms. The summed E-state index contributed by atoms with van der Waals surface area (Å²) in [6.07, 6.45) is 0.312. The Hall–Kier alpha value is -1.76. The third kappa shape index (κ3) is 4.63. The fourth-order valence-electron chi connectivity index (χ4n) is 2.64. The summed E-state index contributed by atoms with van der Waals surface area (Å²) < 4.78 is 5.36. The predicted molar refractivity (Wildman–Crippen MR) is 96.5 cm³/mol. The summed E-state index contributed by atoms with van der Waals surface area (Å²) in [6, 6.07) is 5.96. The van der Waals surface area contributed by atoms with Gasteiger partial charge in [0, 0.05) is 24.2 Å². The number of carbonyl (C=O) groups is 1. The Labute approximate surface area is 146 Å². The monoisotopic (exact) mass is 345 g/mol. The van der Waals surface area contributed by atoms with Gasteiger partial charge in [-0.05, 0) is 37.1 Å². The van der Waals surface area contributed by atoms with Crippen LogP contribution in [0, 0.1) is 13.8 Å². The summed E-state index contributed by atoms with van der Waals surface area (Å²) >= 11 is 1.62. The van der Waals surface area contributed by atoms with Gasteiger partial charge in [0.05, 0.1) is 31.9 Å². The zero-order chi connectivity index (χ0) is 16.9. The average Bonchev–Trinajstić information content (AvgIpc) is 2.99. The summed E-state index contributed by atoms with van der Waals surface area (Å²) in [4.78, 5) is 19.1. The van der Waals surface area contributed by atoms with Crippen molar-refractivity contribution in [1.82, 2.24) is 9.88 Å². The van der Waals surface area contributed by atoms with Crippen LogP contribution in [0.2, 0.25) is 0 Å². The second-order valence-electron chi connectivity index (χ2n) is 6.15. The van der Waals surface area contributed by atoms with Gasteiger partial charge in [-0.1, -0.05) is 6.07 Å². The third-order valence-corrected chi connectivity index (χ3v) is 5.08. The van der Waals surface area contributed by atoms with Gasteiger partial charge in [0.1, 0.15) is 5.01 Å². The first kappa shape index (κ1) is 17.1. The number of thiazole rings is 1. The molecule has 1 N–H and O–H groups in total. The lowest BCUT2D eigenvalue weighted by atomic mass is 10.1. The Kier molecular flexibility index (Phi) is 5.60. The lowest BCUT2D eigenvalue weighted by Crippen LogP contribution is -2.35. The lowest BCUT2D eigenvalue weighted by molar-refractivity contribution is -0.115. The highest BCUT2D eigenvalue weighted by atomic mass is 32.1. The van der Waals surface area contributed by atoms with Crippen molar-refractivity contribution in [2.24, 2.45) is 0 Å². The molecule has 0 aliphatic carbocycles. The first-order valence-corrected chi connectivity index (χ1v) is 9.08. The number of hydrogen-bond donors (Lipinski definition) is 1. The first-order valence-electron chi connectivity index (χ1n) is 8.20. The van der Waals surface area contributed by atoms with E-state index in [-0.39, 0.29) is 5.91 Å². The molecule has 0 atom stereocenters. The van der Waals surface area contributed by atoms with Crippen LogP contribution in [-0.2, 0) is 22.5 Å². The zero-order valence-corrected chi connectivity index (χ0v) is 15.0. The molecule has 1 saturated heterocycles. The zero-order valence-electron chi connectivity index (χ0n) is 14.2. The predicted octanol–water partition coefficient (Wildman–Crippen LogP) is 2.77. The van der Waals surface area contributed by atoms with E-state index in [0.29, 0.717) is 6.42 Å². The Balaban J connectivity index is 1.53. The van der Waals surface area contributed by atoms with E-state index in [4.69, 9.17) is 4.74 Å². The molecule has 2 aromatic rings. The van der Waals surface area contributed by atoms with Crippen molar-refractivity contribution in [2.75, 3.05) is 31.6 Å². The smallest absolute Gasteiger partial charge is 0.230 e. The largest absolute Gasteiger partial charge is 0.379 e. The first-order chi connectivity index (χ1) is 11.6. The molecule has 1 aromatic carbocycles. The molecule has 0 bridgehead atoms. The number of nitrogens with one attached hydrogen (secondary N) is 1. The molecule has 0 unspecified atom stereocenters. The van der Waals surface area contributed by atoms with Crippen LogP contribution in [0.5, 0.6) is 0 Å². The average molecular weight is 345 g/mol. The summed E-state index contributed by atoms with van der Waals surface area (Å²) in [5.41, 5.74) is 4.07. The van der Waals surface area contributed by atoms with Crippen LogP contribution in [0.4, 0.5) is 5.69 Å². The Bertz CT molecular complexity index is 708. The van der Waals surface area contributed by atoms with E-state index in [2.05, 4.69) is 22.1 Å². The number of aryl methyl sites for hydroxylation is 2. The van der Waals surface area contributed by atoms with Gasteiger partial charge >= 0.3 is 0 Å². The van der Waals surface area contributed by atoms with Crippen molar-refractivity contribution < 1.29 is 9.53 Å². The Morgan fingerprint density at radius 2 is 2.08 bits per heavy atom. The second kappa shape index (κ2) is 7.88. The SMILES string of the molecule is Cc1ccc(NC(=O)Cc2csc(CN3CCOCC3)n2)cc1C. The van der Waals surface area contributed by atoms with E-state index in [9.17, 15) is 4.79 Å². The van der Waals surface area contributed by atoms with Gasteiger partial charge in [-0.3, -0.25) is 9.69 Å². The van der Waals surface area contributed by atoms with Crippen LogP contribution in [0.25, 0.3) is 0 Å². The molecular weight excluding hydrogens is 322 g/mol. The number of rotatable bonds is 5. The molecule has 1 fully saturated rings. The van der Waals surface area contributed by atoms with Crippen molar-refractivity contribution in [3.8, 4) is 0 Å². The number of morpholine rings is 1. The van der Waals surface area contributed by atoms with Gasteiger partial charge in [0.15, 0.2) is 0 Å². The number of anilines is 1. The molecule has 1 aliphatic rings. The fourth-order valence-corrected chi connectivity index (χ4v) is 3.48. The van der Waals surface area contributed by atoms with E-state index in [0.717, 1.165) is 49.2 Å². The van der Waals surface area contributed by atoms with E-state index < -0.39 is 0 Å². The van der Waals surface area contributed by atoms with Crippen LogP contribution in [0.3, 0.4) is 0 Å². The maximum absolute atomic E-state index is 12.2. The summed E-state index contributed by atoms with van der Waals surface area (Å²) in [7, 11) is 0. The highest BCUT2D eigenvalue weighted by molar-refractivity contribution is 7.09. The summed E-state index contributed by atoms with van der Waals surface area (Å²) in [6.45, 7) is 8.42. The van der Waals surface area contributed by atoms with Crippen molar-refractivity contribution in [3.63, 3.8) is 0 Å². The summed E-state index contributed by atoms with van der Waals surface area (Å²) in [5, 5.41) is 5.99. The third-order valence-electron chi connectivity index (χ3n) is 4.19. The standard InChI is InChI=1S/C18H23N3O2S/c1-13-3-4-15(9-14(13)2)19-17(22)10-16-12-24-18(20-16)11-21-5-7-23-8-6-21/h3-4,9,12H,5-8,10-11H2,1-2H3,(H,19,22). The highest BCUT2D eigenvalue weighted by Crippen LogP contribution is 2.16. The van der Waals surface area contributed by atoms with Gasteiger partial charge in [0.2, 0.25) is 5.91 Å². The van der Waals surface area contributed by atoms with Crippen molar-refractivity contribution in [1.29, 1.82) is 0 Å². The minimum Gasteiger partial charge on any atom is -0.379 e. The minimum atomic E-state index is -0.0264. The Morgan fingerprint density at radius 1 is 1.29 bits per heavy atom. The number of nitrogens with zero attached hydrogens (tertiary/aromatic N) is 2. The number of benzene rings is 1. The molecule has 24 heavy (non-hydrogen) atoms. The van der Waals surface area contributed by atoms with Crippen molar-refractivity contribution in [3.05, 3.63) is 45.4 Å². The molecule has 128 valence electrons. The molecule has 0 spiro atoms. The molecule has 0 saturated carbocycles. The maximum Gasteiger partial charge on any atom is 0.230 e. The van der Waals surface area contributed by atoms with Gasteiger partial charge in [-0.2, -0.15) is 0 Å². The summed E-state index contributed by atoms with van der Waals surface area (Å²) in [5.74, 6) is -0.0264. The van der Waals surface area contributed by atoms with Gasteiger partial charge in [-0.15, -0.1) is 11.3 Å².